The molecule has 1 saturated heterocycles. The SMILES string of the molecule is Nc1c(NNC(=O)C(c2ccccc2)c2ccccc2)ncnc1N1CCN(c2ccccn2)CC1. The molecule has 4 N–H and O–H groups in total. The minimum atomic E-state index is -0.484. The summed E-state index contributed by atoms with van der Waals surface area (Å²) in [5.74, 6) is 1.27. The first-order valence-electron chi connectivity index (χ1n) is 11.9. The van der Waals surface area contributed by atoms with Crippen molar-refractivity contribution >= 4 is 29.0 Å². The predicted octanol–water partition coefficient (Wildman–Crippen LogP) is 3.06. The molecule has 2 aromatic carbocycles. The van der Waals surface area contributed by atoms with Crippen molar-refractivity contribution in [2.24, 2.45) is 0 Å². The molecule has 9 nitrogen and oxygen atoms in total. The average Bonchev–Trinajstić information content (AvgIpc) is 2.94. The third-order valence-electron chi connectivity index (χ3n) is 6.25. The van der Waals surface area contributed by atoms with Crippen LogP contribution in [0.1, 0.15) is 17.0 Å². The molecule has 5 rings (SSSR count). The fourth-order valence-electron chi connectivity index (χ4n) is 4.41. The highest BCUT2D eigenvalue weighted by Gasteiger charge is 2.24. The van der Waals surface area contributed by atoms with E-state index in [9.17, 15) is 4.79 Å². The van der Waals surface area contributed by atoms with Crippen molar-refractivity contribution in [3.8, 4) is 0 Å². The van der Waals surface area contributed by atoms with E-state index in [0.717, 1.165) is 43.1 Å². The van der Waals surface area contributed by atoms with Crippen molar-refractivity contribution in [3.05, 3.63) is 103 Å². The zero-order valence-electron chi connectivity index (χ0n) is 19.8. The van der Waals surface area contributed by atoms with Gasteiger partial charge in [-0.25, -0.2) is 15.0 Å². The number of nitrogens with zero attached hydrogens (tertiary/aromatic N) is 5. The van der Waals surface area contributed by atoms with Gasteiger partial charge in [0.25, 0.3) is 0 Å². The molecule has 0 radical (unpaired) electrons. The highest BCUT2D eigenvalue weighted by atomic mass is 16.2. The van der Waals surface area contributed by atoms with E-state index in [1.54, 1.807) is 6.20 Å². The third-order valence-corrected chi connectivity index (χ3v) is 6.25. The van der Waals surface area contributed by atoms with Crippen LogP contribution in [0.5, 0.6) is 0 Å². The summed E-state index contributed by atoms with van der Waals surface area (Å²) in [5, 5.41) is 0. The number of piperazine rings is 1. The van der Waals surface area contributed by atoms with Crippen LogP contribution in [-0.4, -0.2) is 47.0 Å². The van der Waals surface area contributed by atoms with Crippen LogP contribution in [-0.2, 0) is 4.79 Å². The van der Waals surface area contributed by atoms with Crippen molar-refractivity contribution in [2.45, 2.75) is 5.92 Å². The van der Waals surface area contributed by atoms with E-state index in [0.29, 0.717) is 17.3 Å². The van der Waals surface area contributed by atoms with Gasteiger partial charge in [0.1, 0.15) is 17.8 Å². The van der Waals surface area contributed by atoms with Crippen molar-refractivity contribution in [3.63, 3.8) is 0 Å². The molecule has 1 aliphatic heterocycles. The number of pyridine rings is 1. The number of amides is 1. The van der Waals surface area contributed by atoms with Crippen LogP contribution in [0, 0.1) is 0 Å². The number of rotatable bonds is 7. The van der Waals surface area contributed by atoms with Crippen molar-refractivity contribution in [1.29, 1.82) is 0 Å². The topological polar surface area (TPSA) is 112 Å². The van der Waals surface area contributed by atoms with Crippen molar-refractivity contribution in [1.82, 2.24) is 20.4 Å². The number of hydrogen-bond acceptors (Lipinski definition) is 8. The molecule has 0 saturated carbocycles. The first-order valence-corrected chi connectivity index (χ1v) is 11.9. The van der Waals surface area contributed by atoms with E-state index in [1.807, 2.05) is 78.9 Å². The van der Waals surface area contributed by atoms with Crippen LogP contribution >= 0.6 is 0 Å². The second kappa shape index (κ2) is 10.7. The predicted molar refractivity (Wildman–Crippen MR) is 142 cm³/mol. The van der Waals surface area contributed by atoms with Crippen LogP contribution < -0.4 is 26.4 Å². The minimum absolute atomic E-state index is 0.212. The summed E-state index contributed by atoms with van der Waals surface area (Å²) >= 11 is 0. The molecule has 0 spiro atoms. The minimum Gasteiger partial charge on any atom is -0.393 e. The maximum Gasteiger partial charge on any atom is 0.250 e. The lowest BCUT2D eigenvalue weighted by molar-refractivity contribution is -0.121. The Labute approximate surface area is 210 Å². The maximum atomic E-state index is 13.3. The average molecular weight is 481 g/mol. The lowest BCUT2D eigenvalue weighted by Gasteiger charge is -2.36. The molecule has 1 amide bonds. The second-order valence-corrected chi connectivity index (χ2v) is 8.49. The Morgan fingerprint density at radius 1 is 0.778 bits per heavy atom. The number of hydrogen-bond donors (Lipinski definition) is 3. The number of anilines is 4. The molecule has 1 fully saturated rings. The van der Waals surface area contributed by atoms with Crippen molar-refractivity contribution < 1.29 is 4.79 Å². The first-order chi connectivity index (χ1) is 17.7. The number of nitrogens with one attached hydrogen (secondary N) is 2. The van der Waals surface area contributed by atoms with Crippen LogP contribution in [0.15, 0.2) is 91.4 Å². The zero-order chi connectivity index (χ0) is 24.7. The molecule has 36 heavy (non-hydrogen) atoms. The summed E-state index contributed by atoms with van der Waals surface area (Å²) in [6.07, 6.45) is 3.26. The highest BCUT2D eigenvalue weighted by Crippen LogP contribution is 2.28. The molecule has 0 atom stereocenters. The van der Waals surface area contributed by atoms with Gasteiger partial charge in [-0.2, -0.15) is 0 Å². The summed E-state index contributed by atoms with van der Waals surface area (Å²) in [4.78, 5) is 30.8. The summed E-state index contributed by atoms with van der Waals surface area (Å²) in [5.41, 5.74) is 14.3. The number of hydrazine groups is 1. The molecule has 0 bridgehead atoms. The monoisotopic (exact) mass is 480 g/mol. The Morgan fingerprint density at radius 2 is 1.39 bits per heavy atom. The number of carbonyl (C=O) groups is 1. The van der Waals surface area contributed by atoms with Gasteiger partial charge in [0.15, 0.2) is 11.6 Å². The number of benzene rings is 2. The summed E-state index contributed by atoms with van der Waals surface area (Å²) in [6.45, 7) is 3.09. The van der Waals surface area contributed by atoms with Gasteiger partial charge in [0, 0.05) is 32.4 Å². The van der Waals surface area contributed by atoms with Gasteiger partial charge in [-0.05, 0) is 23.3 Å². The normalized spacial score (nSPS) is 13.5. The van der Waals surface area contributed by atoms with E-state index in [1.165, 1.54) is 6.33 Å². The van der Waals surface area contributed by atoms with E-state index < -0.39 is 5.92 Å². The van der Waals surface area contributed by atoms with Gasteiger partial charge in [0.05, 0.1) is 5.92 Å². The van der Waals surface area contributed by atoms with Gasteiger partial charge in [-0.1, -0.05) is 66.7 Å². The number of nitrogen functional groups attached to an aromatic ring is 1. The third kappa shape index (κ3) is 5.05. The highest BCUT2D eigenvalue weighted by molar-refractivity contribution is 5.88. The molecule has 2 aromatic heterocycles. The van der Waals surface area contributed by atoms with E-state index in [2.05, 4.69) is 35.6 Å². The summed E-state index contributed by atoms with van der Waals surface area (Å²) in [6, 6.07) is 25.3. The number of carbonyl (C=O) groups excluding carboxylic acids is 1. The molecule has 4 aromatic rings. The van der Waals surface area contributed by atoms with E-state index in [4.69, 9.17) is 5.73 Å². The fourth-order valence-corrected chi connectivity index (χ4v) is 4.41. The maximum absolute atomic E-state index is 13.3. The molecule has 1 aliphatic rings. The van der Waals surface area contributed by atoms with Crippen LogP contribution in [0.4, 0.5) is 23.1 Å². The Morgan fingerprint density at radius 3 is 2.00 bits per heavy atom. The molecule has 3 heterocycles. The van der Waals surface area contributed by atoms with Gasteiger partial charge < -0.3 is 15.5 Å². The van der Waals surface area contributed by atoms with Crippen LogP contribution in [0.3, 0.4) is 0 Å². The number of nitrogens with two attached hydrogens (primary N) is 1. The quantitative estimate of drug-likeness (QED) is 0.346. The molecule has 0 aliphatic carbocycles. The lowest BCUT2D eigenvalue weighted by Crippen LogP contribution is -2.47. The summed E-state index contributed by atoms with van der Waals surface area (Å²) in [7, 11) is 0. The molecule has 9 heteroatoms. The Bertz CT molecular complexity index is 1240. The van der Waals surface area contributed by atoms with Crippen LogP contribution in [0.2, 0.25) is 0 Å². The lowest BCUT2D eigenvalue weighted by atomic mass is 9.91. The zero-order valence-corrected chi connectivity index (χ0v) is 19.8. The van der Waals surface area contributed by atoms with E-state index in [-0.39, 0.29) is 5.91 Å². The van der Waals surface area contributed by atoms with Gasteiger partial charge in [-0.15, -0.1) is 0 Å². The Hall–Kier alpha value is -4.66. The molecule has 0 unspecified atom stereocenters. The largest absolute Gasteiger partial charge is 0.393 e. The Kier molecular flexibility index (Phi) is 6.88. The summed E-state index contributed by atoms with van der Waals surface area (Å²) < 4.78 is 0. The van der Waals surface area contributed by atoms with Crippen molar-refractivity contribution in [2.75, 3.05) is 47.1 Å². The smallest absolute Gasteiger partial charge is 0.250 e. The van der Waals surface area contributed by atoms with E-state index >= 15 is 0 Å². The number of aromatic nitrogens is 3. The van der Waals surface area contributed by atoms with Gasteiger partial charge >= 0.3 is 0 Å². The molecular formula is C27H28N8O. The Balaban J connectivity index is 1.28. The van der Waals surface area contributed by atoms with Crippen LogP contribution in [0.25, 0.3) is 0 Å². The van der Waals surface area contributed by atoms with Gasteiger partial charge in [-0.3, -0.25) is 15.6 Å². The molecule has 182 valence electrons. The first kappa shape index (κ1) is 23.1. The van der Waals surface area contributed by atoms with Gasteiger partial charge in [0.2, 0.25) is 5.91 Å². The molecular weight excluding hydrogens is 452 g/mol. The fraction of sp³-hybridized carbons (Fsp3) is 0.185. The standard InChI is InChI=1S/C27H28N8O/c28-24-25(30-19-31-26(24)35-17-15-34(16-18-35)22-13-7-8-14-29-22)32-33-27(36)23(20-9-3-1-4-10-20)21-11-5-2-6-12-21/h1-14,19,23H,15-18,28H2,(H,33,36)(H,30,31,32). The second-order valence-electron chi connectivity index (χ2n) is 8.49.